The highest BCUT2D eigenvalue weighted by molar-refractivity contribution is 7.09. The van der Waals surface area contributed by atoms with Crippen LogP contribution in [0.2, 0.25) is 0 Å². The van der Waals surface area contributed by atoms with E-state index in [2.05, 4.69) is 44.8 Å². The number of nitrogens with one attached hydrogen (secondary N) is 1. The van der Waals surface area contributed by atoms with E-state index in [0.717, 1.165) is 26.2 Å². The van der Waals surface area contributed by atoms with Crippen LogP contribution in [-0.2, 0) is 26.3 Å². The summed E-state index contributed by atoms with van der Waals surface area (Å²) in [6.07, 6.45) is -3.34. The van der Waals surface area contributed by atoms with Crippen molar-refractivity contribution in [1.82, 2.24) is 15.2 Å². The Bertz CT molecular complexity index is 1090. The van der Waals surface area contributed by atoms with Gasteiger partial charge in [-0.15, -0.1) is 11.3 Å². The zero-order chi connectivity index (χ0) is 29.6. The molecule has 1 aromatic carbocycles. The topological polar surface area (TPSA) is 112 Å². The van der Waals surface area contributed by atoms with Crippen LogP contribution in [0.3, 0.4) is 0 Å². The zero-order valence-corrected chi connectivity index (χ0v) is 22.0. The number of benzene rings is 1. The minimum atomic E-state index is -5.08. The van der Waals surface area contributed by atoms with Gasteiger partial charge in [-0.25, -0.2) is 14.6 Å². The molecule has 0 bridgehead atoms. The predicted molar refractivity (Wildman–Crippen MR) is 132 cm³/mol. The van der Waals surface area contributed by atoms with Gasteiger partial charge in [-0.05, 0) is 55.3 Å². The first kappa shape index (κ1) is 31.8. The maximum absolute atomic E-state index is 10.6. The first-order valence-electron chi connectivity index (χ1n) is 12.4. The lowest BCUT2D eigenvalue weighted by Gasteiger charge is -2.40. The molecule has 1 aliphatic carbocycles. The number of carbonyl (C=O) groups is 2. The quantitative estimate of drug-likeness (QED) is 0.433. The Morgan fingerprint density at radius 2 is 1.68 bits per heavy atom. The number of aromatic nitrogens is 1. The summed E-state index contributed by atoms with van der Waals surface area (Å²) in [4.78, 5) is 24.8. The van der Waals surface area contributed by atoms with Crippen LogP contribution in [0, 0.1) is 0 Å². The van der Waals surface area contributed by atoms with E-state index in [0.29, 0.717) is 17.5 Å². The van der Waals surface area contributed by atoms with E-state index in [1.54, 1.807) is 16.9 Å². The molecular weight excluding hydrogens is 568 g/mol. The molecule has 2 atom stereocenters. The number of likely N-dealkylation sites (tertiary alicyclic amines) is 1. The van der Waals surface area contributed by atoms with Gasteiger partial charge in [0.05, 0.1) is 13.2 Å². The summed E-state index contributed by atoms with van der Waals surface area (Å²) in [6, 6.07) is 10.2. The molecular formula is C25H29F6N3O5S. The van der Waals surface area contributed by atoms with Crippen LogP contribution in [0.4, 0.5) is 26.3 Å². The minimum Gasteiger partial charge on any atom is -0.475 e. The number of hydrogen-bond donors (Lipinski definition) is 3. The molecule has 0 radical (unpaired) electrons. The van der Waals surface area contributed by atoms with Gasteiger partial charge in [0.2, 0.25) is 0 Å². The molecule has 3 N–H and O–H groups in total. The van der Waals surface area contributed by atoms with E-state index < -0.39 is 24.3 Å². The SMILES string of the molecule is O=C(O)C(F)(F)F.O=C(O)C(F)(F)F.c1ccc2c(c1)C(NC1CCOC1)CC21CCN(Cc2nccs2)CC1. The smallest absolute Gasteiger partial charge is 0.475 e. The third kappa shape index (κ3) is 8.62. The number of carboxylic acids is 2. The molecule has 2 fully saturated rings. The van der Waals surface area contributed by atoms with Crippen LogP contribution in [0.5, 0.6) is 0 Å². The maximum atomic E-state index is 10.6. The summed E-state index contributed by atoms with van der Waals surface area (Å²) in [5, 5.41) is 21.5. The Hall–Kier alpha value is -2.75. The van der Waals surface area contributed by atoms with Gasteiger partial charge >= 0.3 is 24.3 Å². The number of halogens is 6. The van der Waals surface area contributed by atoms with E-state index in [1.807, 2.05) is 6.20 Å². The van der Waals surface area contributed by atoms with Crippen molar-refractivity contribution in [1.29, 1.82) is 0 Å². The number of hydrogen-bond acceptors (Lipinski definition) is 7. The highest BCUT2D eigenvalue weighted by atomic mass is 32.1. The Morgan fingerprint density at radius 1 is 1.07 bits per heavy atom. The van der Waals surface area contributed by atoms with Crippen molar-refractivity contribution in [3.05, 3.63) is 52.0 Å². The number of aliphatic carboxylic acids is 2. The second-order valence-corrected chi connectivity index (χ2v) is 10.6. The molecule has 2 saturated heterocycles. The molecule has 2 aliphatic heterocycles. The van der Waals surface area contributed by atoms with Gasteiger partial charge in [0.1, 0.15) is 5.01 Å². The van der Waals surface area contributed by atoms with Crippen molar-refractivity contribution in [2.45, 2.75) is 62.1 Å². The number of fused-ring (bicyclic) bond motifs is 2. The number of piperidine rings is 1. The normalized spacial score (nSPS) is 22.1. The standard InChI is InChI=1S/C21H27N3OS.2C2HF3O2/c1-2-4-18-17(3-1)19(23-16-5-11-25-15-16)13-21(18)6-9-24(10-7-21)14-20-22-8-12-26-20;2*3-2(4,5)1(6)7/h1-4,8,12,16,19,23H,5-7,9-11,13-15H2;2*(H,6,7). The Morgan fingerprint density at radius 3 is 2.17 bits per heavy atom. The molecule has 0 saturated carbocycles. The van der Waals surface area contributed by atoms with Crippen molar-refractivity contribution in [2.24, 2.45) is 0 Å². The van der Waals surface area contributed by atoms with Gasteiger partial charge in [0.15, 0.2) is 0 Å². The molecule has 5 rings (SSSR count). The zero-order valence-electron chi connectivity index (χ0n) is 21.2. The van der Waals surface area contributed by atoms with E-state index in [1.165, 1.54) is 42.9 Å². The fourth-order valence-corrected chi connectivity index (χ4v) is 5.79. The largest absolute Gasteiger partial charge is 0.490 e. The lowest BCUT2D eigenvalue weighted by molar-refractivity contribution is -0.193. The van der Waals surface area contributed by atoms with Gasteiger partial charge in [-0.3, -0.25) is 4.90 Å². The number of carboxylic acid groups (broad SMARTS) is 2. The Kier molecular flexibility index (Phi) is 10.5. The van der Waals surface area contributed by atoms with Gasteiger partial charge in [-0.2, -0.15) is 26.3 Å². The van der Waals surface area contributed by atoms with Crippen LogP contribution in [0.15, 0.2) is 35.8 Å². The summed E-state index contributed by atoms with van der Waals surface area (Å²) in [5.74, 6) is -5.51. The molecule has 3 aliphatic rings. The second kappa shape index (κ2) is 13.3. The van der Waals surface area contributed by atoms with E-state index >= 15 is 0 Å². The second-order valence-electron chi connectivity index (χ2n) is 9.66. The average Bonchev–Trinajstić information content (AvgIpc) is 3.64. The fourth-order valence-electron chi connectivity index (χ4n) is 5.13. The predicted octanol–water partition coefficient (Wildman–Crippen LogP) is 4.77. The van der Waals surface area contributed by atoms with Crippen molar-refractivity contribution in [2.75, 3.05) is 26.3 Å². The molecule has 3 heterocycles. The minimum absolute atomic E-state index is 0.354. The molecule has 2 aromatic rings. The number of thiazole rings is 1. The fraction of sp³-hybridized carbons (Fsp3) is 0.560. The van der Waals surface area contributed by atoms with Crippen LogP contribution in [-0.4, -0.2) is 76.7 Å². The van der Waals surface area contributed by atoms with Gasteiger partial charge in [0, 0.05) is 30.3 Å². The molecule has 8 nitrogen and oxygen atoms in total. The first-order chi connectivity index (χ1) is 18.7. The van der Waals surface area contributed by atoms with Crippen LogP contribution >= 0.6 is 11.3 Å². The lowest BCUT2D eigenvalue weighted by Crippen LogP contribution is -2.42. The van der Waals surface area contributed by atoms with Gasteiger partial charge in [0.25, 0.3) is 0 Å². The summed E-state index contributed by atoms with van der Waals surface area (Å²) in [7, 11) is 0. The lowest BCUT2D eigenvalue weighted by atomic mass is 9.73. The molecule has 15 heteroatoms. The Labute approximate surface area is 230 Å². The van der Waals surface area contributed by atoms with E-state index in [9.17, 15) is 26.3 Å². The Balaban J connectivity index is 0.000000263. The van der Waals surface area contributed by atoms with Gasteiger partial charge in [-0.1, -0.05) is 24.3 Å². The van der Waals surface area contributed by atoms with Crippen molar-refractivity contribution >= 4 is 23.3 Å². The van der Waals surface area contributed by atoms with Crippen LogP contribution < -0.4 is 5.32 Å². The summed E-state index contributed by atoms with van der Waals surface area (Å²) in [6.45, 7) is 5.13. The summed E-state index contributed by atoms with van der Waals surface area (Å²) < 4.78 is 69.1. The number of rotatable bonds is 4. The highest BCUT2D eigenvalue weighted by Crippen LogP contribution is 2.51. The van der Waals surface area contributed by atoms with E-state index in [-0.39, 0.29) is 0 Å². The molecule has 40 heavy (non-hydrogen) atoms. The number of nitrogens with zero attached hydrogens (tertiary/aromatic N) is 2. The molecule has 1 aromatic heterocycles. The van der Waals surface area contributed by atoms with Crippen molar-refractivity contribution in [3.8, 4) is 0 Å². The van der Waals surface area contributed by atoms with Crippen molar-refractivity contribution in [3.63, 3.8) is 0 Å². The average molecular weight is 598 g/mol. The first-order valence-corrected chi connectivity index (χ1v) is 13.2. The number of ether oxygens (including phenoxy) is 1. The molecule has 0 amide bonds. The van der Waals surface area contributed by atoms with Crippen LogP contribution in [0.25, 0.3) is 0 Å². The van der Waals surface area contributed by atoms with E-state index in [4.69, 9.17) is 24.5 Å². The third-order valence-corrected chi connectivity index (χ3v) is 7.77. The number of alkyl halides is 6. The van der Waals surface area contributed by atoms with Gasteiger partial charge < -0.3 is 20.3 Å². The summed E-state index contributed by atoms with van der Waals surface area (Å²) >= 11 is 1.77. The van der Waals surface area contributed by atoms with Crippen LogP contribution in [0.1, 0.15) is 47.9 Å². The van der Waals surface area contributed by atoms with Crippen molar-refractivity contribution < 1.29 is 50.9 Å². The monoisotopic (exact) mass is 597 g/mol. The highest BCUT2D eigenvalue weighted by Gasteiger charge is 2.45. The maximum Gasteiger partial charge on any atom is 0.490 e. The summed E-state index contributed by atoms with van der Waals surface area (Å²) in [5.41, 5.74) is 3.49. The third-order valence-electron chi connectivity index (χ3n) is 7.01. The molecule has 2 unspecified atom stereocenters. The molecule has 222 valence electrons. The molecule has 1 spiro atoms.